The molecule has 1 N–H and O–H groups in total. The van der Waals surface area contributed by atoms with Crippen LogP contribution in [-0.4, -0.2) is 37.0 Å². The summed E-state index contributed by atoms with van der Waals surface area (Å²) in [6.07, 6.45) is 5.92. The molecule has 0 atom stereocenters. The molecule has 0 radical (unpaired) electrons. The van der Waals surface area contributed by atoms with Crippen molar-refractivity contribution in [2.24, 2.45) is 5.92 Å². The molecule has 1 fully saturated rings. The summed E-state index contributed by atoms with van der Waals surface area (Å²) in [5.74, 6) is -1.18. The summed E-state index contributed by atoms with van der Waals surface area (Å²) in [6, 6.07) is 3.59. The van der Waals surface area contributed by atoms with Crippen molar-refractivity contribution in [2.75, 3.05) is 19.5 Å². The lowest BCUT2D eigenvalue weighted by atomic mass is 9.79. The van der Waals surface area contributed by atoms with Crippen LogP contribution in [-0.2, 0) is 23.9 Å². The van der Waals surface area contributed by atoms with Crippen LogP contribution in [0.5, 0.6) is 0 Å². The van der Waals surface area contributed by atoms with E-state index in [2.05, 4.69) is 15.0 Å². The van der Waals surface area contributed by atoms with Gasteiger partial charge in [-0.2, -0.15) is 0 Å². The van der Waals surface area contributed by atoms with Gasteiger partial charge in [0.25, 0.3) is 0 Å². The van der Waals surface area contributed by atoms with Crippen LogP contribution in [0.25, 0.3) is 0 Å². The van der Waals surface area contributed by atoms with E-state index < -0.39 is 11.9 Å². The fourth-order valence-electron chi connectivity index (χ4n) is 2.98. The third kappa shape index (κ3) is 4.78. The second kappa shape index (κ2) is 8.42. The fraction of sp³-hybridized carbons (Fsp3) is 0.529. The molecule has 7 heteroatoms. The van der Waals surface area contributed by atoms with Crippen molar-refractivity contribution < 1.29 is 23.9 Å². The smallest absolute Gasteiger partial charge is 0.396 e. The topological polar surface area (TPSA) is 94.6 Å². The highest BCUT2D eigenvalue weighted by atomic mass is 16.5. The number of nitrogens with one attached hydrogen (secondary N) is 1. The zero-order valence-electron chi connectivity index (χ0n) is 13.9. The normalized spacial score (nSPS) is 20.1. The Hall–Kier alpha value is -2.44. The predicted molar refractivity (Wildman–Crippen MR) is 86.2 cm³/mol. The largest absolute Gasteiger partial charge is 0.469 e. The van der Waals surface area contributed by atoms with E-state index in [4.69, 9.17) is 4.74 Å². The minimum absolute atomic E-state index is 0.151. The zero-order valence-corrected chi connectivity index (χ0v) is 13.9. The van der Waals surface area contributed by atoms with Crippen LogP contribution in [0.3, 0.4) is 0 Å². The highest BCUT2D eigenvalue weighted by molar-refractivity contribution is 6.37. The summed E-state index contributed by atoms with van der Waals surface area (Å²) in [5.41, 5.74) is 1.41. The number of rotatable bonds is 4. The Morgan fingerprint density at radius 1 is 1.12 bits per heavy atom. The lowest BCUT2D eigenvalue weighted by molar-refractivity contribution is -0.150. The molecule has 0 aromatic carbocycles. The molecule has 0 saturated heterocycles. The average molecular weight is 334 g/mol. The molecule has 0 unspecified atom stereocenters. The van der Waals surface area contributed by atoms with Crippen LogP contribution < -0.4 is 5.32 Å². The molecule has 1 aromatic heterocycles. The maximum atomic E-state index is 11.4. The van der Waals surface area contributed by atoms with E-state index in [1.807, 2.05) is 6.07 Å². The van der Waals surface area contributed by atoms with Gasteiger partial charge in [-0.3, -0.25) is 14.6 Å². The number of ether oxygens (including phenoxy) is 2. The number of hydrogen-bond donors (Lipinski definition) is 1. The van der Waals surface area contributed by atoms with E-state index in [1.165, 1.54) is 13.3 Å². The fourth-order valence-corrected chi connectivity index (χ4v) is 2.98. The molecule has 1 aliphatic carbocycles. The van der Waals surface area contributed by atoms with Crippen molar-refractivity contribution in [1.82, 2.24) is 4.98 Å². The third-order valence-corrected chi connectivity index (χ3v) is 4.36. The van der Waals surface area contributed by atoms with Gasteiger partial charge in [0.2, 0.25) is 0 Å². The minimum Gasteiger partial charge on any atom is -0.469 e. The second-order valence-corrected chi connectivity index (χ2v) is 5.92. The standard InChI is InChI=1S/C17H22N2O5/c1-23-15(20)9-11-3-5-12(6-4-11)14-8-7-13(10-18-14)19-16(21)17(22)24-2/h7-8,10-12H,3-6,9H2,1-2H3,(H,19,21). The number of pyridine rings is 1. The maximum absolute atomic E-state index is 11.4. The first-order valence-electron chi connectivity index (χ1n) is 7.95. The van der Waals surface area contributed by atoms with Gasteiger partial charge < -0.3 is 14.8 Å². The van der Waals surface area contributed by atoms with Crippen LogP contribution in [0.15, 0.2) is 18.3 Å². The average Bonchev–Trinajstić information content (AvgIpc) is 2.62. The summed E-state index contributed by atoms with van der Waals surface area (Å²) in [4.78, 5) is 38.2. The number of carbonyl (C=O) groups excluding carboxylic acids is 3. The van der Waals surface area contributed by atoms with Crippen molar-refractivity contribution in [2.45, 2.75) is 38.0 Å². The molecular formula is C17H22N2O5. The predicted octanol–water partition coefficient (Wildman–Crippen LogP) is 2.03. The molecule has 0 aliphatic heterocycles. The molecule has 24 heavy (non-hydrogen) atoms. The van der Waals surface area contributed by atoms with E-state index in [1.54, 1.807) is 6.07 Å². The Morgan fingerprint density at radius 2 is 1.83 bits per heavy atom. The highest BCUT2D eigenvalue weighted by Gasteiger charge is 2.25. The zero-order chi connectivity index (χ0) is 17.5. The molecule has 1 aliphatic rings. The monoisotopic (exact) mass is 334 g/mol. The van der Waals surface area contributed by atoms with Gasteiger partial charge in [-0.15, -0.1) is 0 Å². The van der Waals surface area contributed by atoms with E-state index in [9.17, 15) is 14.4 Å². The van der Waals surface area contributed by atoms with Crippen molar-refractivity contribution in [3.63, 3.8) is 0 Å². The minimum atomic E-state index is -0.942. The van der Waals surface area contributed by atoms with E-state index >= 15 is 0 Å². The SMILES string of the molecule is COC(=O)CC1CCC(c2ccc(NC(=O)C(=O)OC)cn2)CC1. The Kier molecular flexibility index (Phi) is 6.28. The van der Waals surface area contributed by atoms with Crippen LogP contribution in [0, 0.1) is 5.92 Å². The Bertz CT molecular complexity index is 592. The molecule has 0 bridgehead atoms. The van der Waals surface area contributed by atoms with Crippen LogP contribution in [0.4, 0.5) is 5.69 Å². The lowest BCUT2D eigenvalue weighted by Crippen LogP contribution is -2.24. The quantitative estimate of drug-likeness (QED) is 0.669. The molecule has 7 nitrogen and oxygen atoms in total. The molecule has 1 aromatic rings. The third-order valence-electron chi connectivity index (χ3n) is 4.36. The summed E-state index contributed by atoms with van der Waals surface area (Å²) < 4.78 is 9.06. The number of methoxy groups -OCH3 is 2. The van der Waals surface area contributed by atoms with Crippen molar-refractivity contribution >= 4 is 23.5 Å². The number of nitrogens with zero attached hydrogens (tertiary/aromatic N) is 1. The summed E-state index contributed by atoms with van der Waals surface area (Å²) in [7, 11) is 2.57. The first-order valence-corrected chi connectivity index (χ1v) is 7.95. The van der Waals surface area contributed by atoms with Gasteiger partial charge in [0.15, 0.2) is 0 Å². The van der Waals surface area contributed by atoms with Crippen LogP contribution in [0.2, 0.25) is 0 Å². The first-order chi connectivity index (χ1) is 11.5. The van der Waals surface area contributed by atoms with Crippen LogP contribution in [0.1, 0.15) is 43.7 Å². The number of esters is 2. The number of carbonyl (C=O) groups is 3. The maximum Gasteiger partial charge on any atom is 0.396 e. The van der Waals surface area contributed by atoms with Crippen molar-refractivity contribution in [1.29, 1.82) is 0 Å². The van der Waals surface area contributed by atoms with Gasteiger partial charge in [0, 0.05) is 18.0 Å². The Balaban J connectivity index is 1.87. The van der Waals surface area contributed by atoms with Gasteiger partial charge in [-0.25, -0.2) is 4.79 Å². The Labute approximate surface area is 140 Å². The van der Waals surface area contributed by atoms with Gasteiger partial charge >= 0.3 is 17.8 Å². The second-order valence-electron chi connectivity index (χ2n) is 5.92. The summed E-state index contributed by atoms with van der Waals surface area (Å²) in [6.45, 7) is 0. The molecule has 130 valence electrons. The molecule has 1 amide bonds. The number of aromatic nitrogens is 1. The van der Waals surface area contributed by atoms with E-state index in [0.29, 0.717) is 23.9 Å². The molecule has 1 heterocycles. The van der Waals surface area contributed by atoms with E-state index in [0.717, 1.165) is 38.5 Å². The lowest BCUT2D eigenvalue weighted by Gasteiger charge is -2.27. The van der Waals surface area contributed by atoms with Crippen LogP contribution >= 0.6 is 0 Å². The van der Waals surface area contributed by atoms with Gasteiger partial charge in [0.05, 0.1) is 26.1 Å². The van der Waals surface area contributed by atoms with Gasteiger partial charge in [0.1, 0.15) is 0 Å². The number of anilines is 1. The Morgan fingerprint density at radius 3 is 2.38 bits per heavy atom. The first kappa shape index (κ1) is 17.9. The summed E-state index contributed by atoms with van der Waals surface area (Å²) in [5, 5.41) is 2.43. The van der Waals surface area contributed by atoms with E-state index in [-0.39, 0.29) is 5.97 Å². The number of hydrogen-bond acceptors (Lipinski definition) is 6. The molecule has 2 rings (SSSR count). The van der Waals surface area contributed by atoms with Crippen molar-refractivity contribution in [3.05, 3.63) is 24.0 Å². The highest BCUT2D eigenvalue weighted by Crippen LogP contribution is 2.36. The van der Waals surface area contributed by atoms with Gasteiger partial charge in [-0.1, -0.05) is 0 Å². The van der Waals surface area contributed by atoms with Gasteiger partial charge in [-0.05, 0) is 43.7 Å². The summed E-state index contributed by atoms with van der Waals surface area (Å²) >= 11 is 0. The number of amides is 1. The molecule has 0 spiro atoms. The van der Waals surface area contributed by atoms with Crippen molar-refractivity contribution in [3.8, 4) is 0 Å². The molecular weight excluding hydrogens is 312 g/mol. The molecule has 1 saturated carbocycles.